The summed E-state index contributed by atoms with van der Waals surface area (Å²) in [5.74, 6) is 0.725. The van der Waals surface area contributed by atoms with Crippen molar-refractivity contribution in [1.29, 1.82) is 0 Å². The molecule has 0 heterocycles. The van der Waals surface area contributed by atoms with Crippen LogP contribution < -0.4 is 5.73 Å². The summed E-state index contributed by atoms with van der Waals surface area (Å²) in [6.45, 7) is 4.32. The first-order valence-electron chi connectivity index (χ1n) is 5.77. The van der Waals surface area contributed by atoms with E-state index in [1.807, 2.05) is 24.3 Å². The maximum Gasteiger partial charge on any atom is 0.115 e. The molecule has 0 unspecified atom stereocenters. The average molecular weight is 227 g/mol. The first-order valence-corrected chi connectivity index (χ1v) is 5.77. The lowest BCUT2D eigenvalue weighted by Gasteiger charge is -2.14. The highest BCUT2D eigenvalue weighted by Crippen LogP contribution is 2.31. The molecule has 0 atom stereocenters. The van der Waals surface area contributed by atoms with Gasteiger partial charge in [0.05, 0.1) is 0 Å². The lowest BCUT2D eigenvalue weighted by molar-refractivity contribution is 0.475. The normalized spacial score (nSPS) is 10.8. The number of hydrogen-bond acceptors (Lipinski definition) is 2. The molecule has 0 aliphatic rings. The Labute approximate surface area is 102 Å². The molecular weight excluding hydrogens is 210 g/mol. The van der Waals surface area contributed by atoms with Crippen molar-refractivity contribution in [3.8, 4) is 16.9 Å². The zero-order valence-electron chi connectivity index (χ0n) is 10.1. The van der Waals surface area contributed by atoms with Crippen LogP contribution in [0.2, 0.25) is 0 Å². The van der Waals surface area contributed by atoms with E-state index in [9.17, 15) is 5.11 Å². The first-order chi connectivity index (χ1) is 8.08. The Balaban J connectivity index is 2.56. The number of aromatic hydroxyl groups is 1. The SMILES string of the molecule is CC(C)c1ccc(N)cc1-c1ccc(O)cc1. The van der Waals surface area contributed by atoms with Crippen LogP contribution in [0, 0.1) is 0 Å². The third kappa shape index (κ3) is 2.41. The fourth-order valence-electron chi connectivity index (χ4n) is 1.97. The Morgan fingerprint density at radius 1 is 1.00 bits per heavy atom. The van der Waals surface area contributed by atoms with E-state index in [0.29, 0.717) is 5.92 Å². The molecule has 0 aliphatic carbocycles. The van der Waals surface area contributed by atoms with Gasteiger partial charge in [0.25, 0.3) is 0 Å². The van der Waals surface area contributed by atoms with Crippen LogP contribution in [0.1, 0.15) is 25.3 Å². The lowest BCUT2D eigenvalue weighted by atomic mass is 9.92. The van der Waals surface area contributed by atoms with Gasteiger partial charge in [0.15, 0.2) is 0 Å². The van der Waals surface area contributed by atoms with E-state index in [2.05, 4.69) is 19.9 Å². The molecule has 2 heteroatoms. The third-order valence-electron chi connectivity index (χ3n) is 2.88. The van der Waals surface area contributed by atoms with Crippen molar-refractivity contribution < 1.29 is 5.11 Å². The van der Waals surface area contributed by atoms with Crippen molar-refractivity contribution in [2.75, 3.05) is 5.73 Å². The molecule has 2 aromatic rings. The van der Waals surface area contributed by atoms with Gasteiger partial charge in [-0.25, -0.2) is 0 Å². The number of hydrogen-bond donors (Lipinski definition) is 2. The molecule has 17 heavy (non-hydrogen) atoms. The van der Waals surface area contributed by atoms with Crippen LogP contribution in [0.3, 0.4) is 0 Å². The number of nitrogens with two attached hydrogens (primary N) is 1. The number of nitrogen functional groups attached to an aromatic ring is 1. The molecule has 0 saturated carbocycles. The average Bonchev–Trinajstić information content (AvgIpc) is 2.29. The molecule has 0 amide bonds. The fourth-order valence-corrected chi connectivity index (χ4v) is 1.97. The van der Waals surface area contributed by atoms with Crippen LogP contribution in [0.15, 0.2) is 42.5 Å². The molecule has 0 fully saturated rings. The summed E-state index contributed by atoms with van der Waals surface area (Å²) in [5, 5.41) is 9.31. The van der Waals surface area contributed by atoms with Crippen LogP contribution in [-0.2, 0) is 0 Å². The van der Waals surface area contributed by atoms with Crippen molar-refractivity contribution in [2.24, 2.45) is 0 Å². The summed E-state index contributed by atoms with van der Waals surface area (Å²) in [7, 11) is 0. The number of anilines is 1. The van der Waals surface area contributed by atoms with Crippen molar-refractivity contribution in [1.82, 2.24) is 0 Å². The summed E-state index contributed by atoms with van der Waals surface area (Å²) in [6, 6.07) is 13.2. The Bertz CT molecular complexity index is 515. The summed E-state index contributed by atoms with van der Waals surface area (Å²) < 4.78 is 0. The minimum Gasteiger partial charge on any atom is -0.508 e. The van der Waals surface area contributed by atoms with Gasteiger partial charge in [-0.2, -0.15) is 0 Å². The second kappa shape index (κ2) is 4.50. The van der Waals surface area contributed by atoms with Crippen LogP contribution in [0.25, 0.3) is 11.1 Å². The maximum absolute atomic E-state index is 9.31. The molecule has 0 bridgehead atoms. The van der Waals surface area contributed by atoms with Crippen LogP contribution in [0.5, 0.6) is 5.75 Å². The van der Waals surface area contributed by atoms with Crippen molar-refractivity contribution in [3.05, 3.63) is 48.0 Å². The standard InChI is InChI=1S/C15H17NO/c1-10(2)14-8-5-12(16)9-15(14)11-3-6-13(17)7-4-11/h3-10,17H,16H2,1-2H3. The van der Waals surface area contributed by atoms with E-state index in [-0.39, 0.29) is 5.75 Å². The molecule has 2 aromatic carbocycles. The van der Waals surface area contributed by atoms with Crippen molar-refractivity contribution in [2.45, 2.75) is 19.8 Å². The van der Waals surface area contributed by atoms with Gasteiger partial charge < -0.3 is 10.8 Å². The first kappa shape index (κ1) is 11.5. The lowest BCUT2D eigenvalue weighted by Crippen LogP contribution is -1.94. The highest BCUT2D eigenvalue weighted by Gasteiger charge is 2.08. The van der Waals surface area contributed by atoms with E-state index in [1.165, 1.54) is 5.56 Å². The number of phenols is 1. The van der Waals surface area contributed by atoms with Gasteiger partial charge in [0.1, 0.15) is 5.75 Å². The van der Waals surface area contributed by atoms with Gasteiger partial charge in [-0.1, -0.05) is 32.0 Å². The predicted octanol–water partition coefficient (Wildman–Crippen LogP) is 3.76. The largest absolute Gasteiger partial charge is 0.508 e. The number of rotatable bonds is 2. The molecule has 88 valence electrons. The van der Waals surface area contributed by atoms with Crippen molar-refractivity contribution in [3.63, 3.8) is 0 Å². The van der Waals surface area contributed by atoms with E-state index in [4.69, 9.17) is 5.73 Å². The molecular formula is C15H17NO. The smallest absolute Gasteiger partial charge is 0.115 e. The van der Waals surface area contributed by atoms with E-state index < -0.39 is 0 Å². The number of benzene rings is 2. The molecule has 0 aliphatic heterocycles. The minimum absolute atomic E-state index is 0.281. The maximum atomic E-state index is 9.31. The molecule has 3 N–H and O–H groups in total. The Kier molecular flexibility index (Phi) is 3.05. The predicted molar refractivity (Wildman–Crippen MR) is 72.0 cm³/mol. The molecule has 0 spiro atoms. The monoisotopic (exact) mass is 227 g/mol. The zero-order valence-corrected chi connectivity index (χ0v) is 10.1. The topological polar surface area (TPSA) is 46.2 Å². The Morgan fingerprint density at radius 3 is 2.24 bits per heavy atom. The summed E-state index contributed by atoms with van der Waals surface area (Å²) >= 11 is 0. The second-order valence-electron chi connectivity index (χ2n) is 4.55. The van der Waals surface area contributed by atoms with Crippen molar-refractivity contribution >= 4 is 5.69 Å². The Hall–Kier alpha value is -1.96. The molecule has 2 nitrogen and oxygen atoms in total. The number of phenolic OH excluding ortho intramolecular Hbond substituents is 1. The second-order valence-corrected chi connectivity index (χ2v) is 4.55. The quantitative estimate of drug-likeness (QED) is 0.767. The molecule has 0 radical (unpaired) electrons. The van der Waals surface area contributed by atoms with Gasteiger partial charge in [0.2, 0.25) is 0 Å². The third-order valence-corrected chi connectivity index (χ3v) is 2.88. The van der Waals surface area contributed by atoms with E-state index in [1.54, 1.807) is 12.1 Å². The summed E-state index contributed by atoms with van der Waals surface area (Å²) in [6.07, 6.45) is 0. The molecule has 0 aromatic heterocycles. The van der Waals surface area contributed by atoms with Gasteiger partial charge in [0, 0.05) is 5.69 Å². The van der Waals surface area contributed by atoms with Gasteiger partial charge in [-0.05, 0) is 46.9 Å². The van der Waals surface area contributed by atoms with Crippen LogP contribution >= 0.6 is 0 Å². The zero-order chi connectivity index (χ0) is 12.4. The van der Waals surface area contributed by atoms with Gasteiger partial charge in [-0.15, -0.1) is 0 Å². The van der Waals surface area contributed by atoms with Gasteiger partial charge >= 0.3 is 0 Å². The van der Waals surface area contributed by atoms with E-state index in [0.717, 1.165) is 16.8 Å². The Morgan fingerprint density at radius 2 is 1.65 bits per heavy atom. The molecule has 0 saturated heterocycles. The van der Waals surface area contributed by atoms with Crippen LogP contribution in [0.4, 0.5) is 5.69 Å². The van der Waals surface area contributed by atoms with E-state index >= 15 is 0 Å². The highest BCUT2D eigenvalue weighted by atomic mass is 16.3. The summed E-state index contributed by atoms with van der Waals surface area (Å²) in [4.78, 5) is 0. The van der Waals surface area contributed by atoms with Crippen LogP contribution in [-0.4, -0.2) is 5.11 Å². The summed E-state index contributed by atoms with van der Waals surface area (Å²) in [5.41, 5.74) is 10.1. The van der Waals surface area contributed by atoms with Gasteiger partial charge in [-0.3, -0.25) is 0 Å². The minimum atomic E-state index is 0.281. The fraction of sp³-hybridized carbons (Fsp3) is 0.200. The highest BCUT2D eigenvalue weighted by molar-refractivity contribution is 5.72. The molecule has 2 rings (SSSR count).